The first kappa shape index (κ1) is 18.1. The molecule has 2 heterocycles. The highest BCUT2D eigenvalue weighted by Gasteiger charge is 2.36. The number of aromatic hydroxyl groups is 1. The number of benzene rings is 1. The van der Waals surface area contributed by atoms with Gasteiger partial charge in [-0.2, -0.15) is 5.26 Å². The third kappa shape index (κ3) is 2.89. The molecule has 0 saturated carbocycles. The molecule has 0 fully saturated rings. The maximum absolute atomic E-state index is 11.4. The third-order valence-corrected chi connectivity index (χ3v) is 4.34. The summed E-state index contributed by atoms with van der Waals surface area (Å²) in [4.78, 5) is 10.6. The summed E-state index contributed by atoms with van der Waals surface area (Å²) in [5, 5.41) is 38.0. The summed E-state index contributed by atoms with van der Waals surface area (Å²) in [5.41, 5.74) is 7.14. The monoisotopic (exact) mass is 371 g/mol. The van der Waals surface area contributed by atoms with Gasteiger partial charge in [0.15, 0.2) is 5.75 Å². The van der Waals surface area contributed by atoms with E-state index >= 15 is 0 Å². The lowest BCUT2D eigenvalue weighted by atomic mass is 9.83. The van der Waals surface area contributed by atoms with Gasteiger partial charge in [0.05, 0.1) is 18.0 Å². The molecule has 1 aliphatic rings. The van der Waals surface area contributed by atoms with Crippen molar-refractivity contribution in [2.75, 3.05) is 7.11 Å². The van der Waals surface area contributed by atoms with Crippen molar-refractivity contribution in [3.63, 3.8) is 0 Å². The molecule has 27 heavy (non-hydrogen) atoms. The molecule has 3 rings (SSSR count). The SMILES string of the molecule is CCCc1[nH]nc2c1[C@@H](c1cc(OC)c(O)c([N+](=O)[O-])c1)C(C#N)=C(N)O2. The lowest BCUT2D eigenvalue weighted by molar-refractivity contribution is -0.386. The first-order valence-corrected chi connectivity index (χ1v) is 8.12. The molecule has 140 valence electrons. The van der Waals surface area contributed by atoms with E-state index in [1.54, 1.807) is 0 Å². The van der Waals surface area contributed by atoms with Crippen LogP contribution in [0.25, 0.3) is 0 Å². The fourth-order valence-electron chi connectivity index (χ4n) is 3.16. The number of allylic oxidation sites excluding steroid dienone is 1. The average molecular weight is 371 g/mol. The number of aromatic nitrogens is 2. The van der Waals surface area contributed by atoms with Gasteiger partial charge in [-0.05, 0) is 18.1 Å². The van der Waals surface area contributed by atoms with Crippen molar-refractivity contribution >= 4 is 5.69 Å². The molecule has 1 aliphatic heterocycles. The van der Waals surface area contributed by atoms with Crippen molar-refractivity contribution in [2.45, 2.75) is 25.7 Å². The van der Waals surface area contributed by atoms with Gasteiger partial charge in [-0.3, -0.25) is 15.2 Å². The Morgan fingerprint density at radius 2 is 2.30 bits per heavy atom. The van der Waals surface area contributed by atoms with E-state index in [0.29, 0.717) is 17.5 Å². The number of nitro benzene ring substituents is 1. The van der Waals surface area contributed by atoms with Gasteiger partial charge in [0.25, 0.3) is 0 Å². The number of hydrogen-bond acceptors (Lipinski definition) is 8. The number of fused-ring (bicyclic) bond motifs is 1. The van der Waals surface area contributed by atoms with Gasteiger partial charge >= 0.3 is 5.69 Å². The van der Waals surface area contributed by atoms with Crippen LogP contribution in [0.3, 0.4) is 0 Å². The number of nitrogens with zero attached hydrogens (tertiary/aromatic N) is 3. The lowest BCUT2D eigenvalue weighted by Gasteiger charge is -2.24. The number of aromatic amines is 1. The molecule has 0 unspecified atom stereocenters. The van der Waals surface area contributed by atoms with E-state index < -0.39 is 22.3 Å². The van der Waals surface area contributed by atoms with Crippen LogP contribution in [-0.2, 0) is 6.42 Å². The smallest absolute Gasteiger partial charge is 0.314 e. The van der Waals surface area contributed by atoms with Crippen LogP contribution in [0.1, 0.15) is 36.1 Å². The second-order valence-electron chi connectivity index (χ2n) is 5.94. The molecule has 0 radical (unpaired) electrons. The molecular formula is C17H17N5O5. The van der Waals surface area contributed by atoms with Crippen LogP contribution in [0.5, 0.6) is 17.4 Å². The van der Waals surface area contributed by atoms with Crippen molar-refractivity contribution in [1.29, 1.82) is 5.26 Å². The second-order valence-corrected chi connectivity index (χ2v) is 5.94. The molecule has 0 spiro atoms. The van der Waals surface area contributed by atoms with Gasteiger partial charge in [0.2, 0.25) is 17.5 Å². The molecule has 4 N–H and O–H groups in total. The summed E-state index contributed by atoms with van der Waals surface area (Å²) in [6.45, 7) is 1.98. The predicted molar refractivity (Wildman–Crippen MR) is 93.2 cm³/mol. The fourth-order valence-corrected chi connectivity index (χ4v) is 3.16. The normalized spacial score (nSPS) is 15.7. The Bertz CT molecular complexity index is 988. The van der Waals surface area contributed by atoms with Gasteiger partial charge in [0, 0.05) is 17.3 Å². The van der Waals surface area contributed by atoms with Crippen molar-refractivity contribution in [2.24, 2.45) is 5.73 Å². The van der Waals surface area contributed by atoms with E-state index in [-0.39, 0.29) is 23.1 Å². The Labute approximate surface area is 154 Å². The zero-order valence-electron chi connectivity index (χ0n) is 14.6. The van der Waals surface area contributed by atoms with Gasteiger partial charge < -0.3 is 20.3 Å². The molecule has 0 amide bonds. The Kier molecular flexibility index (Phi) is 4.60. The molecule has 2 aromatic rings. The van der Waals surface area contributed by atoms with E-state index in [1.165, 1.54) is 19.2 Å². The topological polar surface area (TPSA) is 160 Å². The van der Waals surface area contributed by atoms with E-state index in [9.17, 15) is 20.5 Å². The van der Waals surface area contributed by atoms with Crippen LogP contribution in [0.15, 0.2) is 23.6 Å². The summed E-state index contributed by atoms with van der Waals surface area (Å²) < 4.78 is 10.5. The molecule has 0 aliphatic carbocycles. The number of rotatable bonds is 5. The van der Waals surface area contributed by atoms with Gasteiger partial charge in [-0.15, -0.1) is 5.10 Å². The number of phenols is 1. The largest absolute Gasteiger partial charge is 0.500 e. The molecule has 1 aromatic carbocycles. The standard InChI is InChI=1S/C17H17N5O5/c1-3-4-10-14-13(9(7-18)16(19)27-17(14)21-20-10)8-5-11(22(24)25)15(23)12(6-8)26-2/h5-6,13,23H,3-4,19H2,1-2H3,(H,20,21)/t13-/m0/s1. The van der Waals surface area contributed by atoms with E-state index in [1.807, 2.05) is 13.0 Å². The number of nitrogens with two attached hydrogens (primary N) is 1. The van der Waals surface area contributed by atoms with Crippen molar-refractivity contribution in [3.05, 3.63) is 50.5 Å². The molecule has 10 heteroatoms. The number of phenolic OH excluding ortho intramolecular Hbond substituents is 1. The quantitative estimate of drug-likeness (QED) is 0.532. The van der Waals surface area contributed by atoms with Gasteiger partial charge in [-0.25, -0.2) is 0 Å². The number of H-pyrrole nitrogens is 1. The summed E-state index contributed by atoms with van der Waals surface area (Å²) in [5.74, 6) is -1.32. The minimum atomic E-state index is -0.743. The zero-order chi connectivity index (χ0) is 19.7. The summed E-state index contributed by atoms with van der Waals surface area (Å²) >= 11 is 0. The highest BCUT2D eigenvalue weighted by Crippen LogP contribution is 2.47. The van der Waals surface area contributed by atoms with Crippen LogP contribution in [0, 0.1) is 21.4 Å². The number of methoxy groups -OCH3 is 1. The number of nitriles is 1. The predicted octanol–water partition coefficient (Wildman–Crippen LogP) is 2.20. The van der Waals surface area contributed by atoms with E-state index in [0.717, 1.165) is 12.1 Å². The van der Waals surface area contributed by atoms with Crippen LogP contribution >= 0.6 is 0 Å². The Morgan fingerprint density at radius 3 is 2.89 bits per heavy atom. The van der Waals surface area contributed by atoms with Gasteiger partial charge in [-0.1, -0.05) is 13.3 Å². The fraction of sp³-hybridized carbons (Fsp3) is 0.294. The number of hydrogen-bond donors (Lipinski definition) is 3. The van der Waals surface area contributed by atoms with Crippen LogP contribution < -0.4 is 15.2 Å². The molecular weight excluding hydrogens is 354 g/mol. The molecule has 10 nitrogen and oxygen atoms in total. The maximum Gasteiger partial charge on any atom is 0.314 e. The average Bonchev–Trinajstić information content (AvgIpc) is 3.03. The molecule has 0 bridgehead atoms. The maximum atomic E-state index is 11.4. The molecule has 0 saturated heterocycles. The minimum Gasteiger partial charge on any atom is -0.500 e. The summed E-state index contributed by atoms with van der Waals surface area (Å²) in [7, 11) is 1.29. The van der Waals surface area contributed by atoms with Crippen LogP contribution in [-0.4, -0.2) is 27.3 Å². The van der Waals surface area contributed by atoms with Crippen molar-refractivity contribution < 1.29 is 19.5 Å². The number of nitro groups is 1. The number of ether oxygens (including phenoxy) is 2. The third-order valence-electron chi connectivity index (χ3n) is 4.34. The van der Waals surface area contributed by atoms with Crippen LogP contribution in [0.2, 0.25) is 0 Å². The Morgan fingerprint density at radius 1 is 1.56 bits per heavy atom. The van der Waals surface area contributed by atoms with E-state index in [2.05, 4.69) is 10.2 Å². The number of aryl methyl sites for hydroxylation is 1. The van der Waals surface area contributed by atoms with Gasteiger partial charge in [0.1, 0.15) is 11.6 Å². The molecule has 1 aromatic heterocycles. The second kappa shape index (κ2) is 6.87. The first-order valence-electron chi connectivity index (χ1n) is 8.12. The van der Waals surface area contributed by atoms with Crippen molar-refractivity contribution in [3.8, 4) is 23.4 Å². The summed E-state index contributed by atoms with van der Waals surface area (Å²) in [6, 6.07) is 4.66. The molecule has 1 atom stereocenters. The van der Waals surface area contributed by atoms with E-state index in [4.69, 9.17) is 15.2 Å². The first-order chi connectivity index (χ1) is 12.9. The van der Waals surface area contributed by atoms with Crippen molar-refractivity contribution in [1.82, 2.24) is 10.2 Å². The number of nitrogens with one attached hydrogen (secondary N) is 1. The summed E-state index contributed by atoms with van der Waals surface area (Å²) in [6.07, 6.45) is 1.44. The van der Waals surface area contributed by atoms with Crippen LogP contribution in [0.4, 0.5) is 5.69 Å². The Hall–Kier alpha value is -3.74. The highest BCUT2D eigenvalue weighted by molar-refractivity contribution is 5.63. The minimum absolute atomic E-state index is 0.0800. The lowest BCUT2D eigenvalue weighted by Crippen LogP contribution is -2.21. The zero-order valence-corrected chi connectivity index (χ0v) is 14.6. The highest BCUT2D eigenvalue weighted by atomic mass is 16.6. The Balaban J connectivity index is 2.29.